The zero-order valence-electron chi connectivity index (χ0n) is 10.8. The van der Waals surface area contributed by atoms with Crippen LogP contribution in [-0.2, 0) is 0 Å². The van der Waals surface area contributed by atoms with Crippen LogP contribution in [0.5, 0.6) is 0 Å². The summed E-state index contributed by atoms with van der Waals surface area (Å²) in [5.41, 5.74) is 7.02. The molecule has 0 bridgehead atoms. The number of hydrogen-bond acceptors (Lipinski definition) is 3. The summed E-state index contributed by atoms with van der Waals surface area (Å²) in [5.74, 6) is -0.0291. The van der Waals surface area contributed by atoms with Crippen LogP contribution in [0.4, 0.5) is 0 Å². The van der Waals surface area contributed by atoms with E-state index < -0.39 is 0 Å². The third-order valence-electron chi connectivity index (χ3n) is 2.96. The lowest BCUT2D eigenvalue weighted by molar-refractivity contribution is 0.0748. The maximum absolute atomic E-state index is 12.1. The minimum absolute atomic E-state index is 0. The number of imidazole rings is 1. The molecule has 1 amide bonds. The molecule has 2 rings (SSSR count). The molecule has 0 saturated heterocycles. The largest absolute Gasteiger partial charge is 0.338 e. The number of fused-ring (bicyclic) bond motifs is 1. The predicted molar refractivity (Wildman–Crippen MR) is 80.3 cm³/mol. The van der Waals surface area contributed by atoms with E-state index in [2.05, 4.69) is 4.98 Å². The third kappa shape index (κ3) is 3.59. The standard InChI is InChI=1S/C12H16N4O.2ClH/c1-9(7-13)15(2)12(17)10-3-4-11-14-5-6-16(11)8-10;;/h3-6,8-9H,7,13H2,1-2H3;2*1H. The number of halogens is 2. The highest BCUT2D eigenvalue weighted by Crippen LogP contribution is 2.08. The topological polar surface area (TPSA) is 63.6 Å². The lowest BCUT2D eigenvalue weighted by Gasteiger charge is -2.23. The van der Waals surface area contributed by atoms with Crippen LogP contribution in [0.3, 0.4) is 0 Å². The van der Waals surface area contributed by atoms with Crippen molar-refractivity contribution in [3.05, 3.63) is 36.3 Å². The van der Waals surface area contributed by atoms with Crippen molar-refractivity contribution in [3.8, 4) is 0 Å². The summed E-state index contributed by atoms with van der Waals surface area (Å²) < 4.78 is 1.83. The molecule has 19 heavy (non-hydrogen) atoms. The van der Waals surface area contributed by atoms with E-state index in [1.807, 2.05) is 23.6 Å². The number of carbonyl (C=O) groups is 1. The van der Waals surface area contributed by atoms with E-state index in [1.165, 1.54) is 0 Å². The van der Waals surface area contributed by atoms with Crippen LogP contribution in [0.2, 0.25) is 0 Å². The average Bonchev–Trinajstić information content (AvgIpc) is 2.83. The van der Waals surface area contributed by atoms with Crippen LogP contribution < -0.4 is 5.73 Å². The van der Waals surface area contributed by atoms with E-state index >= 15 is 0 Å². The molecule has 2 heterocycles. The molecule has 2 N–H and O–H groups in total. The first-order chi connectivity index (χ1) is 8.13. The van der Waals surface area contributed by atoms with Crippen molar-refractivity contribution in [3.63, 3.8) is 0 Å². The number of carbonyl (C=O) groups excluding carboxylic acids is 1. The molecule has 1 unspecified atom stereocenters. The number of aromatic nitrogens is 2. The molecule has 106 valence electrons. The Morgan fingerprint density at radius 1 is 1.47 bits per heavy atom. The second-order valence-electron chi connectivity index (χ2n) is 4.11. The number of pyridine rings is 1. The van der Waals surface area contributed by atoms with Gasteiger partial charge < -0.3 is 15.0 Å². The molecule has 0 aliphatic heterocycles. The fourth-order valence-corrected chi connectivity index (χ4v) is 1.61. The van der Waals surface area contributed by atoms with E-state index in [9.17, 15) is 4.79 Å². The van der Waals surface area contributed by atoms with Crippen LogP contribution >= 0.6 is 24.8 Å². The SMILES string of the molecule is CC(CN)N(C)C(=O)c1ccc2nccn2c1.Cl.Cl. The van der Waals surface area contributed by atoms with Gasteiger partial charge in [-0.3, -0.25) is 4.79 Å². The third-order valence-corrected chi connectivity index (χ3v) is 2.96. The fraction of sp³-hybridized carbons (Fsp3) is 0.333. The molecule has 0 saturated carbocycles. The van der Waals surface area contributed by atoms with Crippen LogP contribution in [0, 0.1) is 0 Å². The molecule has 0 aliphatic carbocycles. The van der Waals surface area contributed by atoms with E-state index in [0.29, 0.717) is 12.1 Å². The van der Waals surface area contributed by atoms with Gasteiger partial charge in [0.25, 0.3) is 5.91 Å². The second kappa shape index (κ2) is 7.33. The summed E-state index contributed by atoms with van der Waals surface area (Å²) in [7, 11) is 1.76. The van der Waals surface area contributed by atoms with E-state index in [-0.39, 0.29) is 36.8 Å². The van der Waals surface area contributed by atoms with Gasteiger partial charge in [-0.2, -0.15) is 0 Å². The number of nitrogens with zero attached hydrogens (tertiary/aromatic N) is 3. The Hall–Kier alpha value is -1.30. The van der Waals surface area contributed by atoms with Crippen molar-refractivity contribution in [1.29, 1.82) is 0 Å². The normalized spacial score (nSPS) is 11.3. The molecule has 7 heteroatoms. The molecule has 0 spiro atoms. The van der Waals surface area contributed by atoms with Gasteiger partial charge in [0.05, 0.1) is 5.56 Å². The molecule has 2 aromatic rings. The Balaban J connectivity index is 0.00000162. The van der Waals surface area contributed by atoms with Gasteiger partial charge in [0.15, 0.2) is 0 Å². The van der Waals surface area contributed by atoms with Crippen molar-refractivity contribution in [2.75, 3.05) is 13.6 Å². The molecule has 0 aliphatic rings. The van der Waals surface area contributed by atoms with Crippen LogP contribution in [0.25, 0.3) is 5.65 Å². The van der Waals surface area contributed by atoms with E-state index in [1.54, 1.807) is 30.4 Å². The highest BCUT2D eigenvalue weighted by atomic mass is 35.5. The number of amides is 1. The smallest absolute Gasteiger partial charge is 0.255 e. The van der Waals surface area contributed by atoms with Gasteiger partial charge >= 0.3 is 0 Å². The lowest BCUT2D eigenvalue weighted by atomic mass is 10.2. The predicted octanol–water partition coefficient (Wildman–Crippen LogP) is 1.60. The first kappa shape index (κ1) is 17.7. The van der Waals surface area contributed by atoms with Crippen LogP contribution in [-0.4, -0.2) is 39.8 Å². The van der Waals surface area contributed by atoms with Gasteiger partial charge in [0.1, 0.15) is 5.65 Å². The highest BCUT2D eigenvalue weighted by molar-refractivity contribution is 5.94. The first-order valence-electron chi connectivity index (χ1n) is 5.53. The van der Waals surface area contributed by atoms with Gasteiger partial charge in [-0.15, -0.1) is 24.8 Å². The number of rotatable bonds is 3. The summed E-state index contributed by atoms with van der Waals surface area (Å²) in [6.45, 7) is 2.38. The monoisotopic (exact) mass is 304 g/mol. The van der Waals surface area contributed by atoms with Crippen molar-refractivity contribution < 1.29 is 4.79 Å². The summed E-state index contributed by atoms with van der Waals surface area (Å²) >= 11 is 0. The Kier molecular flexibility index (Phi) is 6.83. The minimum atomic E-state index is -0.0291. The Morgan fingerprint density at radius 2 is 2.16 bits per heavy atom. The van der Waals surface area contributed by atoms with Gasteiger partial charge in [0, 0.05) is 38.2 Å². The molecule has 5 nitrogen and oxygen atoms in total. The second-order valence-corrected chi connectivity index (χ2v) is 4.11. The van der Waals surface area contributed by atoms with Gasteiger partial charge in [0.2, 0.25) is 0 Å². The number of nitrogens with two attached hydrogens (primary N) is 1. The molecule has 0 radical (unpaired) electrons. The molecule has 1 atom stereocenters. The van der Waals surface area contributed by atoms with Gasteiger partial charge in [-0.1, -0.05) is 0 Å². The zero-order valence-corrected chi connectivity index (χ0v) is 12.4. The van der Waals surface area contributed by atoms with Crippen LogP contribution in [0.1, 0.15) is 17.3 Å². The Morgan fingerprint density at radius 3 is 2.79 bits per heavy atom. The highest BCUT2D eigenvalue weighted by Gasteiger charge is 2.16. The minimum Gasteiger partial charge on any atom is -0.338 e. The van der Waals surface area contributed by atoms with Crippen molar-refractivity contribution in [2.24, 2.45) is 5.73 Å². The summed E-state index contributed by atoms with van der Waals surface area (Å²) in [4.78, 5) is 17.9. The van der Waals surface area contributed by atoms with E-state index in [0.717, 1.165) is 5.65 Å². The molecule has 0 fully saturated rings. The van der Waals surface area contributed by atoms with Gasteiger partial charge in [-0.05, 0) is 19.1 Å². The van der Waals surface area contributed by atoms with Crippen LogP contribution in [0.15, 0.2) is 30.7 Å². The molecular formula is C12H18Cl2N4O. The van der Waals surface area contributed by atoms with Crippen molar-refractivity contribution >= 4 is 36.4 Å². The summed E-state index contributed by atoms with van der Waals surface area (Å²) in [6, 6.07) is 3.64. The first-order valence-corrected chi connectivity index (χ1v) is 5.53. The van der Waals surface area contributed by atoms with Crippen molar-refractivity contribution in [1.82, 2.24) is 14.3 Å². The quantitative estimate of drug-likeness (QED) is 0.937. The maximum atomic E-state index is 12.1. The van der Waals surface area contributed by atoms with Gasteiger partial charge in [-0.25, -0.2) is 4.98 Å². The Labute approximate surface area is 124 Å². The molecule has 2 aromatic heterocycles. The molecule has 0 aromatic carbocycles. The fourth-order valence-electron chi connectivity index (χ4n) is 1.61. The maximum Gasteiger partial charge on any atom is 0.255 e. The lowest BCUT2D eigenvalue weighted by Crippen LogP contribution is -2.39. The summed E-state index contributed by atoms with van der Waals surface area (Å²) in [6.07, 6.45) is 5.30. The average molecular weight is 305 g/mol. The number of hydrogen-bond donors (Lipinski definition) is 1. The molecular weight excluding hydrogens is 287 g/mol. The number of likely N-dealkylation sites (N-methyl/N-ethyl adjacent to an activating group) is 1. The zero-order chi connectivity index (χ0) is 12.4. The Bertz CT molecular complexity index is 543. The summed E-state index contributed by atoms with van der Waals surface area (Å²) in [5, 5.41) is 0. The van der Waals surface area contributed by atoms with Crippen molar-refractivity contribution in [2.45, 2.75) is 13.0 Å². The van der Waals surface area contributed by atoms with E-state index in [4.69, 9.17) is 5.73 Å².